The van der Waals surface area contributed by atoms with Crippen LogP contribution in [0.4, 0.5) is 16.3 Å². The molecule has 2 saturated heterocycles. The molecule has 3 fully saturated rings. The van der Waals surface area contributed by atoms with Gasteiger partial charge in [-0.25, -0.2) is 14.8 Å². The molecule has 2 aliphatic heterocycles. The fourth-order valence-corrected chi connectivity index (χ4v) is 7.17. The molecule has 10 heteroatoms. The maximum Gasteiger partial charge on any atom is 0.410 e. The van der Waals surface area contributed by atoms with Crippen LogP contribution in [0.15, 0.2) is 42.9 Å². The topological polar surface area (TPSA) is 93.5 Å². The van der Waals surface area contributed by atoms with Gasteiger partial charge >= 0.3 is 6.09 Å². The van der Waals surface area contributed by atoms with Gasteiger partial charge in [0.1, 0.15) is 12.4 Å². The number of anilines is 2. The Labute approximate surface area is 249 Å². The van der Waals surface area contributed by atoms with Crippen LogP contribution in [0, 0.1) is 17.8 Å². The van der Waals surface area contributed by atoms with E-state index in [0.717, 1.165) is 39.1 Å². The van der Waals surface area contributed by atoms with Crippen molar-refractivity contribution in [1.29, 1.82) is 0 Å². The largest absolute Gasteiger partial charge is 0.445 e. The molecular formula is C32H36N6O3S. The zero-order valence-electron chi connectivity index (χ0n) is 23.7. The molecule has 3 aromatic heterocycles. The van der Waals surface area contributed by atoms with Gasteiger partial charge in [0.15, 0.2) is 5.82 Å². The Balaban J connectivity index is 1.00. The zero-order chi connectivity index (χ0) is 28.3. The highest BCUT2D eigenvalue weighted by Crippen LogP contribution is 2.32. The molecule has 2 atom stereocenters. The van der Waals surface area contributed by atoms with Crippen molar-refractivity contribution in [2.45, 2.75) is 57.2 Å². The molecule has 3 aliphatic rings. The number of amides is 1. The van der Waals surface area contributed by atoms with Gasteiger partial charge in [-0.2, -0.15) is 0 Å². The summed E-state index contributed by atoms with van der Waals surface area (Å²) in [6.07, 6.45) is 10.9. The summed E-state index contributed by atoms with van der Waals surface area (Å²) in [5.74, 6) is 8.20. The summed E-state index contributed by atoms with van der Waals surface area (Å²) in [7, 11) is 0. The number of fused-ring (bicyclic) bond motifs is 2. The van der Waals surface area contributed by atoms with Crippen molar-refractivity contribution in [2.75, 3.05) is 38.2 Å². The summed E-state index contributed by atoms with van der Waals surface area (Å²) < 4.78 is 14.4. The van der Waals surface area contributed by atoms with Crippen molar-refractivity contribution in [1.82, 2.24) is 24.8 Å². The predicted octanol–water partition coefficient (Wildman–Crippen LogP) is 5.52. The summed E-state index contributed by atoms with van der Waals surface area (Å²) in [5.41, 5.74) is 3.16. The molecule has 1 saturated carbocycles. The van der Waals surface area contributed by atoms with E-state index < -0.39 is 0 Å². The number of nitrogens with zero attached hydrogens (tertiary/aromatic N) is 4. The van der Waals surface area contributed by atoms with E-state index >= 15 is 0 Å². The van der Waals surface area contributed by atoms with E-state index in [1.54, 1.807) is 22.6 Å². The van der Waals surface area contributed by atoms with Crippen molar-refractivity contribution in [3.05, 3.63) is 47.7 Å². The van der Waals surface area contributed by atoms with Crippen molar-refractivity contribution in [3.63, 3.8) is 0 Å². The van der Waals surface area contributed by atoms with Crippen LogP contribution in [-0.4, -0.2) is 70.5 Å². The van der Waals surface area contributed by atoms with Gasteiger partial charge in [-0.3, -0.25) is 5.32 Å². The van der Waals surface area contributed by atoms with Gasteiger partial charge in [0.2, 0.25) is 0 Å². The van der Waals surface area contributed by atoms with Gasteiger partial charge in [-0.15, -0.1) is 11.3 Å². The highest BCUT2D eigenvalue weighted by Gasteiger charge is 2.28. The number of hydrogen-bond acceptors (Lipinski definition) is 8. The molecule has 0 radical (unpaired) electrons. The Kier molecular flexibility index (Phi) is 7.96. The average molecular weight is 585 g/mol. The molecule has 9 nitrogen and oxygen atoms in total. The molecule has 1 aromatic carbocycles. The number of rotatable bonds is 5. The number of aromatic nitrogens is 3. The van der Waals surface area contributed by atoms with E-state index in [2.05, 4.69) is 67.5 Å². The Bertz CT molecular complexity index is 1630. The minimum Gasteiger partial charge on any atom is -0.445 e. The van der Waals surface area contributed by atoms with Gasteiger partial charge in [0, 0.05) is 55.4 Å². The number of thiophene rings is 1. The van der Waals surface area contributed by atoms with Crippen molar-refractivity contribution < 1.29 is 14.3 Å². The number of carbonyl (C=O) groups excluding carboxylic acids is 1. The smallest absolute Gasteiger partial charge is 0.410 e. The van der Waals surface area contributed by atoms with Gasteiger partial charge in [-0.1, -0.05) is 31.1 Å². The maximum absolute atomic E-state index is 12.4. The molecule has 1 aliphatic carbocycles. The molecule has 0 spiro atoms. The fourth-order valence-electron chi connectivity index (χ4n) is 6.25. The van der Waals surface area contributed by atoms with Gasteiger partial charge < -0.3 is 24.3 Å². The normalized spacial score (nSPS) is 21.4. The molecule has 7 rings (SSSR count). The van der Waals surface area contributed by atoms with E-state index in [-0.39, 0.29) is 18.2 Å². The molecule has 218 valence electrons. The highest BCUT2D eigenvalue weighted by atomic mass is 32.1. The summed E-state index contributed by atoms with van der Waals surface area (Å²) >= 11 is 1.59. The lowest BCUT2D eigenvalue weighted by atomic mass is 9.89. The summed E-state index contributed by atoms with van der Waals surface area (Å²) in [6.45, 7) is 4.00. The minimum absolute atomic E-state index is 0.0291. The highest BCUT2D eigenvalue weighted by molar-refractivity contribution is 7.20. The first-order valence-electron chi connectivity index (χ1n) is 15.1. The summed E-state index contributed by atoms with van der Waals surface area (Å²) in [6, 6.07) is 10.7. The minimum atomic E-state index is -0.266. The molecule has 42 heavy (non-hydrogen) atoms. The number of hydrogen-bond donors (Lipinski definition) is 2. The Hall–Kier alpha value is -3.65. The van der Waals surface area contributed by atoms with Gasteiger partial charge in [0.05, 0.1) is 34.3 Å². The molecule has 4 aromatic rings. The summed E-state index contributed by atoms with van der Waals surface area (Å²) in [4.78, 5) is 24.1. The molecular weight excluding hydrogens is 548 g/mol. The second kappa shape index (κ2) is 12.3. The third-order valence-corrected chi connectivity index (χ3v) is 9.57. The van der Waals surface area contributed by atoms with Crippen LogP contribution in [0.2, 0.25) is 0 Å². The van der Waals surface area contributed by atoms with E-state index in [1.165, 1.54) is 43.0 Å². The van der Waals surface area contributed by atoms with E-state index in [1.807, 2.05) is 6.07 Å². The first-order valence-corrected chi connectivity index (χ1v) is 15.9. The van der Waals surface area contributed by atoms with Crippen LogP contribution in [0.25, 0.3) is 21.1 Å². The Morgan fingerprint density at radius 2 is 2.02 bits per heavy atom. The number of carbonyl (C=O) groups is 1. The van der Waals surface area contributed by atoms with E-state index in [9.17, 15) is 4.79 Å². The van der Waals surface area contributed by atoms with Crippen LogP contribution in [0.1, 0.15) is 43.4 Å². The second-order valence-electron chi connectivity index (χ2n) is 11.5. The third kappa shape index (κ3) is 6.09. The fraction of sp³-hybridized carbons (Fsp3) is 0.469. The standard InChI is InChI=1S/C32H36N6O3S/c39-32(37-12-14-40-15-13-37)41-26-17-24(33-19-26)6-8-27-18-28-30(42-27)31(35-21-34-28)36-25-7-9-29-23(16-25)10-11-38(29)20-22-4-2-1-3-5-22/h7,9-11,16,18,21-22,24,26,33H,1-5,12-15,17,19-20H2,(H,34,35,36)/t24-,26-/m1/s1. The van der Waals surface area contributed by atoms with Gasteiger partial charge in [0.25, 0.3) is 0 Å². The van der Waals surface area contributed by atoms with Crippen molar-refractivity contribution >= 4 is 50.1 Å². The molecule has 0 bridgehead atoms. The number of ether oxygens (including phenoxy) is 2. The zero-order valence-corrected chi connectivity index (χ0v) is 24.5. The third-order valence-electron chi connectivity index (χ3n) is 8.52. The van der Waals surface area contributed by atoms with Crippen LogP contribution >= 0.6 is 11.3 Å². The van der Waals surface area contributed by atoms with Crippen molar-refractivity contribution in [3.8, 4) is 11.8 Å². The predicted molar refractivity (Wildman–Crippen MR) is 165 cm³/mol. The number of nitrogens with one attached hydrogen (secondary N) is 2. The summed E-state index contributed by atoms with van der Waals surface area (Å²) in [5, 5.41) is 8.12. The SMILES string of the molecule is O=C(O[C@H]1CN[C@H](C#Cc2cc3ncnc(Nc4ccc5c(ccn5CC5CCCCC5)c4)c3s2)C1)N1CCOCC1. The van der Waals surface area contributed by atoms with Gasteiger partial charge in [-0.05, 0) is 49.1 Å². The lowest BCUT2D eigenvalue weighted by Gasteiger charge is -2.27. The first kappa shape index (κ1) is 27.2. The second-order valence-corrected chi connectivity index (χ2v) is 12.5. The van der Waals surface area contributed by atoms with Crippen molar-refractivity contribution in [2.24, 2.45) is 5.92 Å². The first-order chi connectivity index (χ1) is 20.7. The lowest BCUT2D eigenvalue weighted by Crippen LogP contribution is -2.42. The van der Waals surface area contributed by atoms with E-state index in [0.29, 0.717) is 39.3 Å². The lowest BCUT2D eigenvalue weighted by molar-refractivity contribution is 0.0156. The molecule has 0 unspecified atom stereocenters. The van der Waals surface area contributed by atoms with Crippen LogP contribution in [-0.2, 0) is 16.0 Å². The molecule has 2 N–H and O–H groups in total. The average Bonchev–Trinajstić information content (AvgIpc) is 3.76. The van der Waals surface area contributed by atoms with E-state index in [4.69, 9.17) is 9.47 Å². The molecule has 1 amide bonds. The maximum atomic E-state index is 12.4. The Morgan fingerprint density at radius 3 is 2.90 bits per heavy atom. The number of benzene rings is 1. The quantitative estimate of drug-likeness (QED) is 0.299. The van der Waals surface area contributed by atoms with Crippen LogP contribution in [0.5, 0.6) is 0 Å². The Morgan fingerprint density at radius 1 is 1.14 bits per heavy atom. The van der Waals surface area contributed by atoms with Crippen LogP contribution in [0.3, 0.4) is 0 Å². The van der Waals surface area contributed by atoms with Crippen LogP contribution < -0.4 is 10.6 Å². The monoisotopic (exact) mass is 584 g/mol. The molecule has 5 heterocycles. The number of morpholine rings is 1.